The van der Waals surface area contributed by atoms with Crippen LogP contribution < -0.4 is 10.1 Å². The highest BCUT2D eigenvalue weighted by Crippen LogP contribution is 2.20. The zero-order valence-corrected chi connectivity index (χ0v) is 14.4. The predicted molar refractivity (Wildman–Crippen MR) is 88.6 cm³/mol. The first-order chi connectivity index (χ1) is 10.9. The molecule has 1 aliphatic heterocycles. The van der Waals surface area contributed by atoms with E-state index in [2.05, 4.69) is 5.32 Å². The molecule has 0 saturated carbocycles. The third-order valence-corrected chi connectivity index (χ3v) is 5.22. The number of nitrogens with zero attached hydrogens (tertiary/aromatic N) is 1. The molecule has 1 atom stereocenters. The van der Waals surface area contributed by atoms with E-state index in [0.717, 1.165) is 11.3 Å². The molecule has 0 radical (unpaired) electrons. The van der Waals surface area contributed by atoms with Crippen LogP contribution in [0, 0.1) is 5.92 Å². The number of ether oxygens (including phenoxy) is 1. The Morgan fingerprint density at radius 2 is 2.13 bits per heavy atom. The largest absolute Gasteiger partial charge is 0.494 e. The van der Waals surface area contributed by atoms with Crippen molar-refractivity contribution in [2.45, 2.75) is 26.3 Å². The van der Waals surface area contributed by atoms with Crippen LogP contribution in [0.15, 0.2) is 24.3 Å². The summed E-state index contributed by atoms with van der Waals surface area (Å²) >= 11 is 0. The Bertz CT molecular complexity index is 645. The molecule has 1 heterocycles. The van der Waals surface area contributed by atoms with E-state index in [0.29, 0.717) is 32.5 Å². The van der Waals surface area contributed by atoms with Gasteiger partial charge in [0.15, 0.2) is 0 Å². The van der Waals surface area contributed by atoms with E-state index in [9.17, 15) is 13.2 Å². The number of rotatable bonds is 6. The molecule has 1 aromatic rings. The van der Waals surface area contributed by atoms with Crippen LogP contribution in [0.3, 0.4) is 0 Å². The molecule has 7 heteroatoms. The van der Waals surface area contributed by atoms with Gasteiger partial charge in [-0.05, 0) is 25.8 Å². The molecule has 1 saturated heterocycles. The fourth-order valence-electron chi connectivity index (χ4n) is 2.73. The van der Waals surface area contributed by atoms with Gasteiger partial charge in [0, 0.05) is 25.2 Å². The third-order valence-electron chi connectivity index (χ3n) is 3.95. The summed E-state index contributed by atoms with van der Waals surface area (Å²) < 4.78 is 30.2. The van der Waals surface area contributed by atoms with E-state index >= 15 is 0 Å². The smallest absolute Gasteiger partial charge is 0.224 e. The average molecular weight is 340 g/mol. The van der Waals surface area contributed by atoms with Crippen molar-refractivity contribution in [1.29, 1.82) is 0 Å². The third kappa shape index (κ3) is 4.94. The van der Waals surface area contributed by atoms with Gasteiger partial charge in [-0.15, -0.1) is 0 Å². The summed E-state index contributed by atoms with van der Waals surface area (Å²) in [5, 5.41) is 2.90. The molecule has 0 aromatic heterocycles. The van der Waals surface area contributed by atoms with Crippen molar-refractivity contribution >= 4 is 15.9 Å². The Balaban J connectivity index is 1.95. The van der Waals surface area contributed by atoms with Crippen LogP contribution in [0.5, 0.6) is 5.75 Å². The fourth-order valence-corrected chi connectivity index (χ4v) is 3.64. The predicted octanol–water partition coefficient (Wildman–Crippen LogP) is 1.37. The van der Waals surface area contributed by atoms with E-state index < -0.39 is 10.0 Å². The molecule has 0 spiro atoms. The Hall–Kier alpha value is -1.60. The zero-order chi connectivity index (χ0) is 16.9. The van der Waals surface area contributed by atoms with Gasteiger partial charge in [-0.3, -0.25) is 4.79 Å². The van der Waals surface area contributed by atoms with Crippen molar-refractivity contribution in [2.75, 3.05) is 26.0 Å². The number of hydrogen-bond donors (Lipinski definition) is 1. The maximum absolute atomic E-state index is 12.3. The summed E-state index contributed by atoms with van der Waals surface area (Å²) in [7, 11) is -3.24. The van der Waals surface area contributed by atoms with Gasteiger partial charge in [0.25, 0.3) is 0 Å². The summed E-state index contributed by atoms with van der Waals surface area (Å²) in [4.78, 5) is 12.3. The lowest BCUT2D eigenvalue weighted by Gasteiger charge is -2.30. The maximum atomic E-state index is 12.3. The topological polar surface area (TPSA) is 75.7 Å². The zero-order valence-electron chi connectivity index (χ0n) is 13.6. The van der Waals surface area contributed by atoms with Crippen molar-refractivity contribution in [3.63, 3.8) is 0 Å². The van der Waals surface area contributed by atoms with Crippen molar-refractivity contribution in [3.8, 4) is 5.75 Å². The van der Waals surface area contributed by atoms with Crippen molar-refractivity contribution in [1.82, 2.24) is 9.62 Å². The standard InChI is InChI=1S/C16H24N2O4S/c1-3-22-15-9-5-4-7-13(15)11-17-16(19)14-8-6-10-18(12-14)23(2,20)21/h4-5,7,9,14H,3,6,8,10-12H2,1-2H3,(H,17,19). The summed E-state index contributed by atoms with van der Waals surface area (Å²) in [6.07, 6.45) is 2.61. The van der Waals surface area contributed by atoms with Crippen LogP contribution in [-0.2, 0) is 21.4 Å². The van der Waals surface area contributed by atoms with Crippen LogP contribution in [0.4, 0.5) is 0 Å². The minimum Gasteiger partial charge on any atom is -0.494 e. The van der Waals surface area contributed by atoms with Gasteiger partial charge >= 0.3 is 0 Å². The van der Waals surface area contributed by atoms with Crippen molar-refractivity contribution in [3.05, 3.63) is 29.8 Å². The molecular weight excluding hydrogens is 316 g/mol. The first-order valence-corrected chi connectivity index (χ1v) is 9.70. The minimum absolute atomic E-state index is 0.107. The molecule has 6 nitrogen and oxygen atoms in total. The molecule has 0 aliphatic carbocycles. The van der Waals surface area contributed by atoms with Gasteiger partial charge in [-0.1, -0.05) is 18.2 Å². The Labute approximate surface area is 137 Å². The van der Waals surface area contributed by atoms with E-state index in [1.807, 2.05) is 31.2 Å². The number of carbonyl (C=O) groups excluding carboxylic acids is 1. The SMILES string of the molecule is CCOc1ccccc1CNC(=O)C1CCCN(S(C)(=O)=O)C1. The van der Waals surface area contributed by atoms with E-state index in [4.69, 9.17) is 4.74 Å². The molecule has 1 aromatic carbocycles. The molecule has 1 N–H and O–H groups in total. The number of sulfonamides is 1. The van der Waals surface area contributed by atoms with Crippen molar-refractivity contribution in [2.24, 2.45) is 5.92 Å². The number of para-hydroxylation sites is 1. The molecular formula is C16H24N2O4S. The first kappa shape index (κ1) is 17.7. The number of amides is 1. The minimum atomic E-state index is -3.24. The lowest BCUT2D eigenvalue weighted by atomic mass is 9.98. The highest BCUT2D eigenvalue weighted by atomic mass is 32.2. The van der Waals surface area contributed by atoms with Gasteiger partial charge in [0.1, 0.15) is 5.75 Å². The van der Waals surface area contributed by atoms with E-state index in [1.165, 1.54) is 10.6 Å². The maximum Gasteiger partial charge on any atom is 0.224 e. The lowest BCUT2D eigenvalue weighted by Crippen LogP contribution is -2.44. The summed E-state index contributed by atoms with van der Waals surface area (Å²) in [5.41, 5.74) is 0.915. The van der Waals surface area contributed by atoms with Crippen LogP contribution >= 0.6 is 0 Å². The molecule has 1 amide bonds. The Kier molecular flexibility index (Phi) is 6.01. The number of hydrogen-bond acceptors (Lipinski definition) is 4. The fraction of sp³-hybridized carbons (Fsp3) is 0.562. The molecule has 1 fully saturated rings. The molecule has 1 aliphatic rings. The van der Waals surface area contributed by atoms with Gasteiger partial charge in [0.2, 0.25) is 15.9 Å². The molecule has 128 valence electrons. The first-order valence-electron chi connectivity index (χ1n) is 7.85. The normalized spacial score (nSPS) is 19.3. The Morgan fingerprint density at radius 1 is 1.39 bits per heavy atom. The second kappa shape index (κ2) is 7.79. The monoisotopic (exact) mass is 340 g/mol. The van der Waals surface area contributed by atoms with E-state index in [-0.39, 0.29) is 18.4 Å². The van der Waals surface area contributed by atoms with Crippen LogP contribution in [0.25, 0.3) is 0 Å². The van der Waals surface area contributed by atoms with Gasteiger partial charge in [-0.2, -0.15) is 0 Å². The number of benzene rings is 1. The molecule has 2 rings (SSSR count). The summed E-state index contributed by atoms with van der Waals surface area (Å²) in [5.74, 6) is 0.360. The highest BCUT2D eigenvalue weighted by molar-refractivity contribution is 7.88. The van der Waals surface area contributed by atoms with Crippen molar-refractivity contribution < 1.29 is 17.9 Å². The van der Waals surface area contributed by atoms with Crippen LogP contribution in [0.2, 0.25) is 0 Å². The highest BCUT2D eigenvalue weighted by Gasteiger charge is 2.30. The summed E-state index contributed by atoms with van der Waals surface area (Å²) in [6, 6.07) is 7.57. The second-order valence-electron chi connectivity index (χ2n) is 5.72. The summed E-state index contributed by atoms with van der Waals surface area (Å²) in [6.45, 7) is 3.62. The number of piperidine rings is 1. The number of carbonyl (C=O) groups is 1. The Morgan fingerprint density at radius 3 is 2.83 bits per heavy atom. The van der Waals surface area contributed by atoms with Crippen LogP contribution in [-0.4, -0.2) is 44.6 Å². The quantitative estimate of drug-likeness (QED) is 0.849. The van der Waals surface area contributed by atoms with Gasteiger partial charge in [-0.25, -0.2) is 12.7 Å². The molecule has 1 unspecified atom stereocenters. The second-order valence-corrected chi connectivity index (χ2v) is 7.70. The van der Waals surface area contributed by atoms with Gasteiger partial charge < -0.3 is 10.1 Å². The number of nitrogens with one attached hydrogen (secondary N) is 1. The van der Waals surface area contributed by atoms with Gasteiger partial charge in [0.05, 0.1) is 18.8 Å². The molecule has 0 bridgehead atoms. The lowest BCUT2D eigenvalue weighted by molar-refractivity contribution is -0.126. The molecule has 23 heavy (non-hydrogen) atoms. The van der Waals surface area contributed by atoms with Crippen LogP contribution in [0.1, 0.15) is 25.3 Å². The average Bonchev–Trinajstić information content (AvgIpc) is 2.53. The van der Waals surface area contributed by atoms with E-state index in [1.54, 1.807) is 0 Å².